The van der Waals surface area contributed by atoms with Gasteiger partial charge < -0.3 is 14.9 Å². The molecule has 1 aromatic heterocycles. The van der Waals surface area contributed by atoms with E-state index < -0.39 is 18.0 Å². The third-order valence-electron chi connectivity index (χ3n) is 7.21. The number of piperidine rings is 1. The molecule has 2 fully saturated rings. The fourth-order valence-electron chi connectivity index (χ4n) is 4.46. The summed E-state index contributed by atoms with van der Waals surface area (Å²) in [5.74, 6) is -3.50. The summed E-state index contributed by atoms with van der Waals surface area (Å²) in [4.78, 5) is 37.7. The minimum Gasteiger partial charge on any atom is -0.475 e. The maximum atomic E-state index is 14.5. The summed E-state index contributed by atoms with van der Waals surface area (Å²) in [5.41, 5.74) is 3.10. The molecule has 2 saturated heterocycles. The molecule has 0 saturated carbocycles. The lowest BCUT2D eigenvalue weighted by Crippen LogP contribution is -2.62. The number of carbonyl (C=O) groups is 2. The molecule has 1 aromatic carbocycles. The van der Waals surface area contributed by atoms with Crippen molar-refractivity contribution in [1.29, 1.82) is 0 Å². The number of halogens is 4. The van der Waals surface area contributed by atoms with Crippen molar-refractivity contribution in [2.75, 3.05) is 26.7 Å². The Morgan fingerprint density at radius 2 is 1.69 bits per heavy atom. The van der Waals surface area contributed by atoms with Gasteiger partial charge in [-0.25, -0.2) is 14.3 Å². The normalized spacial score (nSPS) is 17.2. The van der Waals surface area contributed by atoms with Crippen molar-refractivity contribution in [3.63, 3.8) is 0 Å². The number of rotatable bonds is 3. The van der Waals surface area contributed by atoms with E-state index in [9.17, 15) is 27.2 Å². The lowest BCUT2D eigenvalue weighted by atomic mass is 9.77. The highest BCUT2D eigenvalue weighted by Crippen LogP contribution is 2.38. The third-order valence-corrected chi connectivity index (χ3v) is 7.21. The number of carboxylic acids is 1. The monoisotopic (exact) mass is 512 g/mol. The highest BCUT2D eigenvalue weighted by Gasteiger charge is 2.45. The van der Waals surface area contributed by atoms with Gasteiger partial charge in [-0.2, -0.15) is 18.3 Å². The van der Waals surface area contributed by atoms with Gasteiger partial charge in [0.15, 0.2) is 0 Å². The van der Waals surface area contributed by atoms with Crippen molar-refractivity contribution in [2.24, 2.45) is 0 Å². The summed E-state index contributed by atoms with van der Waals surface area (Å²) in [5, 5.41) is 13.7. The number of likely N-dealkylation sites (tertiary alicyclic amines) is 2. The molecule has 0 bridgehead atoms. The topological polar surface area (TPSA) is 107 Å². The van der Waals surface area contributed by atoms with Crippen LogP contribution in [0.3, 0.4) is 0 Å². The fraction of sp³-hybridized carbons (Fsp3) is 0.500. The second-order valence-electron chi connectivity index (χ2n) is 9.23. The van der Waals surface area contributed by atoms with Gasteiger partial charge in [-0.1, -0.05) is 6.07 Å². The first kappa shape index (κ1) is 27.3. The molecule has 2 aromatic rings. The number of alkyl halides is 3. The average molecular weight is 513 g/mol. The number of carboxylic acid groups (broad SMARTS) is 1. The standard InChI is InChI=1S/C22H27FN4O2.C2HF3O2/c1-14-15(2)20(28)25-24-19(14)13-16-4-5-18(23)17(12-16)21(29)27-10-7-22(8-11-27)6-9-26(22)3;3-2(4,5)1(6)7/h4-5,12H,6-11,13H2,1-3H3,(H,25,28);(H,6,7). The summed E-state index contributed by atoms with van der Waals surface area (Å²) in [6, 6.07) is 4.64. The molecule has 2 aliphatic rings. The highest BCUT2D eigenvalue weighted by atomic mass is 19.4. The van der Waals surface area contributed by atoms with Crippen LogP contribution >= 0.6 is 0 Å². The van der Waals surface area contributed by atoms with Crippen LogP contribution in [0.25, 0.3) is 0 Å². The number of aromatic amines is 1. The van der Waals surface area contributed by atoms with Gasteiger partial charge in [0.2, 0.25) is 0 Å². The predicted octanol–water partition coefficient (Wildman–Crippen LogP) is 3.06. The molecule has 1 amide bonds. The second-order valence-corrected chi connectivity index (χ2v) is 9.23. The van der Waals surface area contributed by atoms with E-state index in [1.165, 1.54) is 12.5 Å². The zero-order valence-electron chi connectivity index (χ0n) is 20.2. The van der Waals surface area contributed by atoms with E-state index >= 15 is 0 Å². The molecule has 0 radical (unpaired) electrons. The van der Waals surface area contributed by atoms with Crippen LogP contribution in [0.5, 0.6) is 0 Å². The van der Waals surface area contributed by atoms with E-state index in [1.54, 1.807) is 24.0 Å². The second kappa shape index (κ2) is 10.4. The number of carbonyl (C=O) groups excluding carboxylic acids is 1. The number of nitrogens with one attached hydrogen (secondary N) is 1. The van der Waals surface area contributed by atoms with Crippen molar-refractivity contribution in [2.45, 2.75) is 51.2 Å². The summed E-state index contributed by atoms with van der Waals surface area (Å²) in [6.07, 6.45) is -1.59. The maximum Gasteiger partial charge on any atom is 0.490 e. The Bertz CT molecular complexity index is 1200. The van der Waals surface area contributed by atoms with Gasteiger partial charge >= 0.3 is 12.1 Å². The molecule has 1 spiro atoms. The average Bonchev–Trinajstić information content (AvgIpc) is 2.84. The molecule has 0 aliphatic carbocycles. The van der Waals surface area contributed by atoms with Crippen LogP contribution in [0.2, 0.25) is 0 Å². The number of aliphatic carboxylic acids is 1. The Balaban J connectivity index is 0.000000454. The first-order valence-corrected chi connectivity index (χ1v) is 11.4. The first-order chi connectivity index (χ1) is 16.7. The molecule has 36 heavy (non-hydrogen) atoms. The Hall–Kier alpha value is -3.28. The van der Waals surface area contributed by atoms with Crippen molar-refractivity contribution < 1.29 is 32.3 Å². The molecule has 4 rings (SSSR count). The molecule has 0 atom stereocenters. The van der Waals surface area contributed by atoms with Crippen LogP contribution in [0.4, 0.5) is 17.6 Å². The highest BCUT2D eigenvalue weighted by molar-refractivity contribution is 5.94. The van der Waals surface area contributed by atoms with Gasteiger partial charge in [0.25, 0.3) is 11.5 Å². The van der Waals surface area contributed by atoms with Crippen LogP contribution in [0.1, 0.15) is 52.0 Å². The molecule has 2 N–H and O–H groups in total. The van der Waals surface area contributed by atoms with Crippen LogP contribution in [0.15, 0.2) is 23.0 Å². The van der Waals surface area contributed by atoms with E-state index in [2.05, 4.69) is 22.1 Å². The molecule has 2 aliphatic heterocycles. The van der Waals surface area contributed by atoms with Gasteiger partial charge in [0, 0.05) is 37.2 Å². The summed E-state index contributed by atoms with van der Waals surface area (Å²) < 4.78 is 46.2. The van der Waals surface area contributed by atoms with Gasteiger partial charge in [0.05, 0.1) is 11.3 Å². The predicted molar refractivity (Wildman–Crippen MR) is 122 cm³/mol. The van der Waals surface area contributed by atoms with Crippen LogP contribution in [-0.2, 0) is 11.2 Å². The van der Waals surface area contributed by atoms with E-state index in [0.29, 0.717) is 25.1 Å². The number of benzene rings is 1. The summed E-state index contributed by atoms with van der Waals surface area (Å²) >= 11 is 0. The van der Waals surface area contributed by atoms with Gasteiger partial charge in [0.1, 0.15) is 5.82 Å². The number of hydrogen-bond acceptors (Lipinski definition) is 5. The molecular formula is C24H28F4N4O4. The molecule has 0 unspecified atom stereocenters. The Morgan fingerprint density at radius 1 is 1.11 bits per heavy atom. The van der Waals surface area contributed by atoms with Crippen molar-refractivity contribution in [1.82, 2.24) is 20.0 Å². The number of nitrogens with zero attached hydrogens (tertiary/aromatic N) is 3. The van der Waals surface area contributed by atoms with Gasteiger partial charge in [-0.05, 0) is 63.4 Å². The van der Waals surface area contributed by atoms with Crippen LogP contribution < -0.4 is 5.56 Å². The Labute approximate surface area is 204 Å². The molecule has 196 valence electrons. The van der Waals surface area contributed by atoms with E-state index in [1.807, 2.05) is 6.92 Å². The van der Waals surface area contributed by atoms with E-state index in [0.717, 1.165) is 36.2 Å². The zero-order chi connectivity index (χ0) is 26.8. The van der Waals surface area contributed by atoms with Crippen LogP contribution in [0, 0.1) is 19.7 Å². The van der Waals surface area contributed by atoms with Crippen molar-refractivity contribution in [3.8, 4) is 0 Å². The molecule has 8 nitrogen and oxygen atoms in total. The number of amides is 1. The largest absolute Gasteiger partial charge is 0.490 e. The first-order valence-electron chi connectivity index (χ1n) is 11.4. The summed E-state index contributed by atoms with van der Waals surface area (Å²) in [6.45, 7) is 6.03. The molecular weight excluding hydrogens is 484 g/mol. The van der Waals surface area contributed by atoms with Gasteiger partial charge in [-0.15, -0.1) is 0 Å². The molecule has 12 heteroatoms. The number of H-pyrrole nitrogens is 1. The van der Waals surface area contributed by atoms with Gasteiger partial charge in [-0.3, -0.25) is 9.59 Å². The lowest BCUT2D eigenvalue weighted by Gasteiger charge is -2.55. The lowest BCUT2D eigenvalue weighted by molar-refractivity contribution is -0.192. The zero-order valence-corrected chi connectivity index (χ0v) is 20.2. The maximum absolute atomic E-state index is 14.5. The third kappa shape index (κ3) is 5.75. The fourth-order valence-corrected chi connectivity index (χ4v) is 4.46. The van der Waals surface area contributed by atoms with Crippen molar-refractivity contribution >= 4 is 11.9 Å². The Kier molecular flexibility index (Phi) is 7.87. The minimum absolute atomic E-state index is 0.110. The smallest absolute Gasteiger partial charge is 0.475 e. The summed E-state index contributed by atoms with van der Waals surface area (Å²) in [7, 11) is 2.14. The van der Waals surface area contributed by atoms with E-state index in [-0.39, 0.29) is 22.6 Å². The minimum atomic E-state index is -5.08. The Morgan fingerprint density at radius 3 is 2.19 bits per heavy atom. The number of aromatic nitrogens is 2. The van der Waals surface area contributed by atoms with E-state index in [4.69, 9.17) is 9.90 Å². The molecule has 3 heterocycles. The number of hydrogen-bond donors (Lipinski definition) is 2. The SMILES string of the molecule is Cc1c(Cc2ccc(F)c(C(=O)N3CCC4(CC3)CCN4C)c2)n[nH]c(=O)c1C.O=C(O)C(F)(F)F. The van der Waals surface area contributed by atoms with Crippen LogP contribution in [-0.4, -0.2) is 75.4 Å². The quantitative estimate of drug-likeness (QED) is 0.613. The van der Waals surface area contributed by atoms with Crippen molar-refractivity contribution in [3.05, 3.63) is 62.3 Å².